The summed E-state index contributed by atoms with van der Waals surface area (Å²) in [6.45, 7) is -0.375. The molecule has 0 radical (unpaired) electrons. The van der Waals surface area contributed by atoms with Gasteiger partial charge in [0.25, 0.3) is 5.69 Å². The number of nitrogens with zero attached hydrogens (tertiary/aromatic N) is 1. The van der Waals surface area contributed by atoms with Crippen molar-refractivity contribution in [1.82, 2.24) is 0 Å². The molecule has 218 valence electrons. The quantitative estimate of drug-likeness (QED) is 0.108. The highest BCUT2D eigenvalue weighted by Gasteiger charge is 2.52. The normalized spacial score (nSPS) is 19.2. The molecule has 1 saturated heterocycles. The van der Waals surface area contributed by atoms with Crippen molar-refractivity contribution in [2.45, 2.75) is 24.6 Å². The molecule has 0 bridgehead atoms. The Balaban J connectivity index is 1.44. The van der Waals surface area contributed by atoms with Crippen molar-refractivity contribution in [3.63, 3.8) is 0 Å². The van der Waals surface area contributed by atoms with Crippen LogP contribution >= 0.6 is 0 Å². The van der Waals surface area contributed by atoms with Gasteiger partial charge in [0.05, 0.1) is 21.6 Å². The average Bonchev–Trinajstić information content (AvgIpc) is 3.35. The number of rotatable bonds is 10. The molecule has 43 heavy (non-hydrogen) atoms. The monoisotopic (exact) mass is 583 g/mol. The molecule has 4 aromatic rings. The van der Waals surface area contributed by atoms with Crippen LogP contribution in [0.1, 0.15) is 31.1 Å². The highest BCUT2D eigenvalue weighted by molar-refractivity contribution is 5.91. The Kier molecular flexibility index (Phi) is 9.03. The molecular formula is C32H25NO10. The van der Waals surface area contributed by atoms with Crippen LogP contribution in [-0.2, 0) is 18.9 Å². The number of hydrogen-bond donors (Lipinski definition) is 0. The fraction of sp³-hybridized carbons (Fsp3) is 0.156. The van der Waals surface area contributed by atoms with Crippen LogP contribution in [-0.4, -0.2) is 54.0 Å². The molecule has 1 aliphatic rings. The van der Waals surface area contributed by atoms with E-state index in [4.69, 9.17) is 23.7 Å². The molecule has 0 N–H and O–H groups in total. The predicted molar refractivity (Wildman–Crippen MR) is 150 cm³/mol. The standard InChI is InChI=1S/C32H25NO10/c34-29(21-10-4-1-5-11-21)39-20-26-27(42-30(35)22-12-6-2-7-13-22)28(43-31(36)23-14-8-3-9-15-23)32(41-26)40-25-18-16-24(17-19-25)33(37)38/h1-19,26-28,32H,20H2/t26-,27-,28-,32?/m1/s1. The number of ether oxygens (including phenoxy) is 5. The second-order valence-corrected chi connectivity index (χ2v) is 9.35. The summed E-state index contributed by atoms with van der Waals surface area (Å²) < 4.78 is 29.1. The van der Waals surface area contributed by atoms with Gasteiger partial charge in [0.2, 0.25) is 12.4 Å². The zero-order chi connectivity index (χ0) is 30.2. The lowest BCUT2D eigenvalue weighted by atomic mass is 10.1. The van der Waals surface area contributed by atoms with E-state index in [2.05, 4.69) is 0 Å². The van der Waals surface area contributed by atoms with Crippen molar-refractivity contribution < 1.29 is 43.0 Å². The molecule has 5 rings (SSSR count). The average molecular weight is 584 g/mol. The zero-order valence-electron chi connectivity index (χ0n) is 22.5. The minimum atomic E-state index is -1.34. The summed E-state index contributed by atoms with van der Waals surface area (Å²) in [4.78, 5) is 49.5. The van der Waals surface area contributed by atoms with Gasteiger partial charge in [0.15, 0.2) is 6.10 Å². The second kappa shape index (κ2) is 13.4. The first-order valence-electron chi connectivity index (χ1n) is 13.2. The van der Waals surface area contributed by atoms with Crippen molar-refractivity contribution in [3.8, 4) is 5.75 Å². The Morgan fingerprint density at radius 2 is 1.12 bits per heavy atom. The lowest BCUT2D eigenvalue weighted by Gasteiger charge is -2.24. The summed E-state index contributed by atoms with van der Waals surface area (Å²) in [6, 6.07) is 29.8. The van der Waals surface area contributed by atoms with E-state index >= 15 is 0 Å². The molecule has 4 aromatic carbocycles. The molecule has 11 heteroatoms. The lowest BCUT2D eigenvalue weighted by molar-refractivity contribution is -0.384. The molecule has 1 fully saturated rings. The number of carbonyl (C=O) groups is 3. The summed E-state index contributed by atoms with van der Waals surface area (Å²) in [5.74, 6) is -1.96. The number of nitro groups is 1. The topological polar surface area (TPSA) is 141 Å². The summed E-state index contributed by atoms with van der Waals surface area (Å²) >= 11 is 0. The number of hydrogen-bond acceptors (Lipinski definition) is 10. The van der Waals surface area contributed by atoms with E-state index in [0.29, 0.717) is 5.56 Å². The fourth-order valence-electron chi connectivity index (χ4n) is 4.32. The minimum Gasteiger partial charge on any atom is -0.461 e. The van der Waals surface area contributed by atoms with E-state index in [1.807, 2.05) is 0 Å². The first-order chi connectivity index (χ1) is 20.9. The lowest BCUT2D eigenvalue weighted by Crippen LogP contribution is -2.43. The molecule has 0 aliphatic carbocycles. The van der Waals surface area contributed by atoms with Crippen LogP contribution in [0.4, 0.5) is 5.69 Å². The maximum Gasteiger partial charge on any atom is 0.338 e. The summed E-state index contributed by atoms with van der Waals surface area (Å²) in [7, 11) is 0. The largest absolute Gasteiger partial charge is 0.461 e. The third-order valence-electron chi connectivity index (χ3n) is 6.46. The van der Waals surface area contributed by atoms with E-state index in [1.54, 1.807) is 91.0 Å². The fourth-order valence-corrected chi connectivity index (χ4v) is 4.32. The van der Waals surface area contributed by atoms with Gasteiger partial charge in [-0.2, -0.15) is 0 Å². The zero-order valence-corrected chi connectivity index (χ0v) is 22.5. The smallest absolute Gasteiger partial charge is 0.338 e. The molecular weight excluding hydrogens is 558 g/mol. The molecule has 11 nitrogen and oxygen atoms in total. The van der Waals surface area contributed by atoms with Crippen LogP contribution in [0.5, 0.6) is 5.75 Å². The van der Waals surface area contributed by atoms with Gasteiger partial charge in [-0.15, -0.1) is 0 Å². The molecule has 0 saturated carbocycles. The summed E-state index contributed by atoms with van der Waals surface area (Å²) in [5.41, 5.74) is 0.593. The van der Waals surface area contributed by atoms with Gasteiger partial charge in [-0.25, -0.2) is 14.4 Å². The Morgan fingerprint density at radius 1 is 0.651 bits per heavy atom. The first kappa shape index (κ1) is 29.0. The summed E-state index contributed by atoms with van der Waals surface area (Å²) in [6.07, 6.45) is -5.05. The SMILES string of the molecule is O=C(OC[C@H]1OC(Oc2ccc([N+](=O)[O-])cc2)[C@H](OC(=O)c2ccccc2)[C@@H]1OC(=O)c1ccccc1)c1ccccc1. The Labute approximate surface area is 245 Å². The van der Waals surface area contributed by atoms with Crippen LogP contribution in [0.15, 0.2) is 115 Å². The Hall–Kier alpha value is -5.55. The second-order valence-electron chi connectivity index (χ2n) is 9.35. The van der Waals surface area contributed by atoms with Crippen LogP contribution in [0, 0.1) is 10.1 Å². The molecule has 0 aromatic heterocycles. The van der Waals surface area contributed by atoms with Crippen molar-refractivity contribution in [2.24, 2.45) is 0 Å². The van der Waals surface area contributed by atoms with Gasteiger partial charge in [-0.1, -0.05) is 54.6 Å². The van der Waals surface area contributed by atoms with Gasteiger partial charge in [0, 0.05) is 12.1 Å². The van der Waals surface area contributed by atoms with Gasteiger partial charge in [-0.3, -0.25) is 10.1 Å². The van der Waals surface area contributed by atoms with E-state index < -0.39 is 47.4 Å². The highest BCUT2D eigenvalue weighted by Crippen LogP contribution is 2.31. The first-order valence-corrected chi connectivity index (χ1v) is 13.2. The van der Waals surface area contributed by atoms with E-state index in [-0.39, 0.29) is 29.2 Å². The van der Waals surface area contributed by atoms with Crippen molar-refractivity contribution in [1.29, 1.82) is 0 Å². The van der Waals surface area contributed by atoms with Crippen LogP contribution < -0.4 is 4.74 Å². The van der Waals surface area contributed by atoms with Crippen molar-refractivity contribution in [2.75, 3.05) is 6.61 Å². The van der Waals surface area contributed by atoms with Crippen LogP contribution in [0.25, 0.3) is 0 Å². The Bertz CT molecular complexity index is 1560. The number of benzene rings is 4. The van der Waals surface area contributed by atoms with Crippen LogP contribution in [0.3, 0.4) is 0 Å². The Morgan fingerprint density at radius 3 is 1.60 bits per heavy atom. The maximum atomic E-state index is 13.1. The number of carbonyl (C=O) groups excluding carboxylic acids is 3. The molecule has 1 aliphatic heterocycles. The molecule has 0 amide bonds. The predicted octanol–water partition coefficient (Wildman–Crippen LogP) is 5.01. The molecule has 1 unspecified atom stereocenters. The maximum absolute atomic E-state index is 13.1. The van der Waals surface area contributed by atoms with Gasteiger partial charge >= 0.3 is 17.9 Å². The number of non-ortho nitro benzene ring substituents is 1. The van der Waals surface area contributed by atoms with Gasteiger partial charge in [-0.05, 0) is 48.5 Å². The van der Waals surface area contributed by atoms with Gasteiger partial charge in [0.1, 0.15) is 18.5 Å². The summed E-state index contributed by atoms with van der Waals surface area (Å²) in [5, 5.41) is 11.1. The van der Waals surface area contributed by atoms with Crippen molar-refractivity contribution >= 4 is 23.6 Å². The third kappa shape index (κ3) is 7.21. The highest BCUT2D eigenvalue weighted by atomic mass is 16.7. The van der Waals surface area contributed by atoms with Crippen molar-refractivity contribution in [3.05, 3.63) is 142 Å². The van der Waals surface area contributed by atoms with E-state index in [1.165, 1.54) is 24.3 Å². The molecule has 1 heterocycles. The minimum absolute atomic E-state index is 0.159. The van der Waals surface area contributed by atoms with E-state index in [9.17, 15) is 24.5 Å². The number of nitro benzene ring substituents is 1. The molecule has 4 atom stereocenters. The van der Waals surface area contributed by atoms with E-state index in [0.717, 1.165) is 0 Å². The third-order valence-corrected chi connectivity index (χ3v) is 6.46. The van der Waals surface area contributed by atoms with Gasteiger partial charge < -0.3 is 23.7 Å². The molecule has 0 spiro atoms. The van der Waals surface area contributed by atoms with Crippen LogP contribution in [0.2, 0.25) is 0 Å². The number of esters is 3.